The summed E-state index contributed by atoms with van der Waals surface area (Å²) in [6, 6.07) is -0.623. The fourth-order valence-corrected chi connectivity index (χ4v) is 10.2. The van der Waals surface area contributed by atoms with Crippen molar-refractivity contribution >= 4 is 11.9 Å². The number of aliphatic hydroxyl groups is 2. The van der Waals surface area contributed by atoms with E-state index in [1.54, 1.807) is 6.08 Å². The van der Waals surface area contributed by atoms with Gasteiger partial charge in [-0.3, -0.25) is 9.59 Å². The highest BCUT2D eigenvalue weighted by atomic mass is 16.5. The summed E-state index contributed by atoms with van der Waals surface area (Å²) in [4.78, 5) is 24.5. The highest BCUT2D eigenvalue weighted by molar-refractivity contribution is 5.76. The van der Waals surface area contributed by atoms with Gasteiger partial charge in [-0.1, -0.05) is 314 Å². The van der Waals surface area contributed by atoms with Crippen LogP contribution in [0.2, 0.25) is 0 Å². The molecule has 6 nitrogen and oxygen atoms in total. The van der Waals surface area contributed by atoms with E-state index in [4.69, 9.17) is 4.74 Å². The van der Waals surface area contributed by atoms with Crippen LogP contribution in [0, 0.1) is 0 Å². The van der Waals surface area contributed by atoms with Gasteiger partial charge < -0.3 is 20.3 Å². The number of allylic oxidation sites excluding steroid dienone is 3. The molecule has 0 saturated carbocycles. The van der Waals surface area contributed by atoms with Crippen molar-refractivity contribution in [3.63, 3.8) is 0 Å². The van der Waals surface area contributed by atoms with Crippen molar-refractivity contribution in [3.05, 3.63) is 24.3 Å². The van der Waals surface area contributed by atoms with Crippen molar-refractivity contribution in [2.24, 2.45) is 0 Å². The lowest BCUT2D eigenvalue weighted by atomic mass is 10.0. The van der Waals surface area contributed by atoms with Gasteiger partial charge in [0, 0.05) is 12.8 Å². The molecule has 0 aliphatic carbocycles. The van der Waals surface area contributed by atoms with Gasteiger partial charge in [0.2, 0.25) is 5.91 Å². The molecule has 0 aliphatic heterocycles. The number of carbonyl (C=O) groups is 2. The fraction of sp³-hybridized carbons (Fsp3) is 0.909. The Bertz CT molecular complexity index is 1120. The third-order valence-electron chi connectivity index (χ3n) is 15.2. The van der Waals surface area contributed by atoms with Crippen LogP contribution in [0.25, 0.3) is 0 Å². The van der Waals surface area contributed by atoms with Crippen molar-refractivity contribution in [1.29, 1.82) is 0 Å². The molecule has 6 heteroatoms. The van der Waals surface area contributed by atoms with E-state index >= 15 is 0 Å². The standard InChI is InChI=1S/C66H127NO5/c1-3-5-7-9-11-13-15-17-36-40-44-48-52-56-60-66(71)72-61-57-53-49-45-41-37-34-32-30-28-26-24-22-20-18-19-21-23-25-27-29-31-33-35-39-43-47-51-55-59-65(70)67-63(62-68)64(69)58-54-50-46-42-38-16-14-12-10-8-6-4-2/h15,17,54,58,63-64,68-69H,3-14,16,18-53,55-57,59-62H2,1-2H3,(H,67,70)/b17-15-,58-54+. The molecule has 0 aromatic heterocycles. The maximum Gasteiger partial charge on any atom is 0.305 e. The number of hydrogen-bond acceptors (Lipinski definition) is 5. The van der Waals surface area contributed by atoms with Gasteiger partial charge >= 0.3 is 5.97 Å². The number of esters is 1. The molecule has 72 heavy (non-hydrogen) atoms. The molecular formula is C66H127NO5. The zero-order chi connectivity index (χ0) is 52.2. The quantitative estimate of drug-likeness (QED) is 0.0320. The molecule has 2 atom stereocenters. The van der Waals surface area contributed by atoms with E-state index < -0.39 is 12.1 Å². The molecule has 0 fully saturated rings. The molecule has 2 unspecified atom stereocenters. The zero-order valence-electron chi connectivity index (χ0n) is 48.7. The summed E-state index contributed by atoms with van der Waals surface area (Å²) in [5.74, 6) is -0.0530. The van der Waals surface area contributed by atoms with Crippen LogP contribution < -0.4 is 5.32 Å². The van der Waals surface area contributed by atoms with Crippen molar-refractivity contribution in [1.82, 2.24) is 5.32 Å². The molecule has 0 aromatic rings. The minimum absolute atomic E-state index is 0.0108. The van der Waals surface area contributed by atoms with Gasteiger partial charge in [-0.15, -0.1) is 0 Å². The molecule has 0 aromatic carbocycles. The maximum atomic E-state index is 12.4. The Morgan fingerprint density at radius 1 is 0.375 bits per heavy atom. The van der Waals surface area contributed by atoms with Gasteiger partial charge in [-0.25, -0.2) is 0 Å². The number of amides is 1. The highest BCUT2D eigenvalue weighted by Gasteiger charge is 2.18. The summed E-state index contributed by atoms with van der Waals surface area (Å²) in [5.41, 5.74) is 0. The number of aliphatic hydroxyl groups excluding tert-OH is 2. The largest absolute Gasteiger partial charge is 0.466 e. The third kappa shape index (κ3) is 57.6. The summed E-state index contributed by atoms with van der Waals surface area (Å²) in [7, 11) is 0. The summed E-state index contributed by atoms with van der Waals surface area (Å²) >= 11 is 0. The Kier molecular flexibility index (Phi) is 60.5. The van der Waals surface area contributed by atoms with Gasteiger partial charge in [0.15, 0.2) is 0 Å². The lowest BCUT2D eigenvalue weighted by Gasteiger charge is -2.20. The summed E-state index contributed by atoms with van der Waals surface area (Å²) in [6.07, 6.45) is 76.7. The van der Waals surface area contributed by atoms with Gasteiger partial charge in [-0.2, -0.15) is 0 Å². The lowest BCUT2D eigenvalue weighted by molar-refractivity contribution is -0.143. The summed E-state index contributed by atoms with van der Waals surface area (Å²) in [5, 5.41) is 23.1. The van der Waals surface area contributed by atoms with Crippen LogP contribution in [0.5, 0.6) is 0 Å². The van der Waals surface area contributed by atoms with Gasteiger partial charge in [-0.05, 0) is 57.8 Å². The second-order valence-corrected chi connectivity index (χ2v) is 22.5. The van der Waals surface area contributed by atoms with E-state index in [0.717, 1.165) is 44.9 Å². The van der Waals surface area contributed by atoms with Crippen molar-refractivity contribution < 1.29 is 24.5 Å². The minimum Gasteiger partial charge on any atom is -0.466 e. The molecule has 1 amide bonds. The van der Waals surface area contributed by atoms with Crippen LogP contribution in [-0.2, 0) is 14.3 Å². The van der Waals surface area contributed by atoms with Crippen LogP contribution in [-0.4, -0.2) is 47.4 Å². The number of rotatable bonds is 61. The predicted octanol–water partition coefficient (Wildman–Crippen LogP) is 20.6. The molecular weight excluding hydrogens is 887 g/mol. The number of unbranched alkanes of at least 4 members (excludes halogenated alkanes) is 48. The molecule has 0 heterocycles. The maximum absolute atomic E-state index is 12.4. The van der Waals surface area contributed by atoms with E-state index in [9.17, 15) is 19.8 Å². The normalized spacial score (nSPS) is 12.7. The first-order valence-electron chi connectivity index (χ1n) is 32.6. The first kappa shape index (κ1) is 70.3. The number of nitrogens with one attached hydrogen (secondary N) is 1. The Morgan fingerprint density at radius 3 is 0.986 bits per heavy atom. The van der Waals surface area contributed by atoms with Crippen molar-refractivity contribution in [2.75, 3.05) is 13.2 Å². The third-order valence-corrected chi connectivity index (χ3v) is 15.2. The number of ether oxygens (including phenoxy) is 1. The van der Waals surface area contributed by atoms with Gasteiger partial charge in [0.05, 0.1) is 25.4 Å². The second-order valence-electron chi connectivity index (χ2n) is 22.5. The van der Waals surface area contributed by atoms with E-state index in [0.29, 0.717) is 19.4 Å². The van der Waals surface area contributed by atoms with E-state index in [2.05, 4.69) is 31.3 Å². The van der Waals surface area contributed by atoms with Crippen molar-refractivity contribution in [2.45, 2.75) is 373 Å². The van der Waals surface area contributed by atoms with Crippen LogP contribution in [0.3, 0.4) is 0 Å². The van der Waals surface area contributed by atoms with Crippen LogP contribution >= 0.6 is 0 Å². The van der Waals surface area contributed by atoms with Crippen LogP contribution in [0.1, 0.15) is 361 Å². The molecule has 0 spiro atoms. The zero-order valence-corrected chi connectivity index (χ0v) is 48.7. The Morgan fingerprint density at radius 2 is 0.653 bits per heavy atom. The average molecular weight is 1010 g/mol. The summed E-state index contributed by atoms with van der Waals surface area (Å²) < 4.78 is 5.48. The average Bonchev–Trinajstić information content (AvgIpc) is 3.38. The first-order valence-corrected chi connectivity index (χ1v) is 32.6. The van der Waals surface area contributed by atoms with E-state index in [1.807, 2.05) is 6.08 Å². The SMILES string of the molecule is CCCCCCC/C=C\CCCCCCCC(=O)OCCCCCCCCCCCCCCCCCCCCCCCCCCCCCCCC(=O)NC(CO)C(O)/C=C/CCCCCCCCCCCC. The molecule has 3 N–H and O–H groups in total. The summed E-state index contributed by atoms with van der Waals surface area (Å²) in [6.45, 7) is 4.91. The molecule has 0 saturated heterocycles. The molecule has 0 radical (unpaired) electrons. The lowest BCUT2D eigenvalue weighted by Crippen LogP contribution is -2.45. The van der Waals surface area contributed by atoms with Gasteiger partial charge in [0.1, 0.15) is 0 Å². The van der Waals surface area contributed by atoms with Crippen LogP contribution in [0.15, 0.2) is 24.3 Å². The Balaban J connectivity index is 3.33. The molecule has 0 aliphatic rings. The fourth-order valence-electron chi connectivity index (χ4n) is 10.2. The monoisotopic (exact) mass is 1010 g/mol. The van der Waals surface area contributed by atoms with E-state index in [1.165, 1.54) is 289 Å². The first-order chi connectivity index (χ1) is 35.5. The topological polar surface area (TPSA) is 95.9 Å². The minimum atomic E-state index is -0.840. The number of carbonyl (C=O) groups excluding carboxylic acids is 2. The molecule has 0 rings (SSSR count). The highest BCUT2D eigenvalue weighted by Crippen LogP contribution is 2.18. The molecule has 0 bridgehead atoms. The van der Waals surface area contributed by atoms with E-state index in [-0.39, 0.29) is 18.5 Å². The van der Waals surface area contributed by atoms with Crippen LogP contribution in [0.4, 0.5) is 0 Å². The second kappa shape index (κ2) is 61.9. The van der Waals surface area contributed by atoms with Gasteiger partial charge in [0.25, 0.3) is 0 Å². The number of hydrogen-bond donors (Lipinski definition) is 3. The molecule has 426 valence electrons. The Labute approximate surface area is 450 Å². The van der Waals surface area contributed by atoms with Crippen molar-refractivity contribution in [3.8, 4) is 0 Å². The predicted molar refractivity (Wildman–Crippen MR) is 315 cm³/mol. The smallest absolute Gasteiger partial charge is 0.305 e. The Hall–Kier alpha value is -1.66.